The Morgan fingerprint density at radius 3 is 2.32 bits per heavy atom. The zero-order valence-electron chi connectivity index (χ0n) is 20.6. The average Bonchev–Trinajstić information content (AvgIpc) is 2.90. The maximum Gasteiger partial charge on any atom is 0.270 e. The lowest BCUT2D eigenvalue weighted by Crippen LogP contribution is -2.48. The van der Waals surface area contributed by atoms with E-state index in [2.05, 4.69) is 15.2 Å². The predicted octanol–water partition coefficient (Wildman–Crippen LogP) is 4.61. The molecule has 2 N–H and O–H groups in total. The van der Waals surface area contributed by atoms with Crippen LogP contribution in [0.25, 0.3) is 0 Å². The smallest absolute Gasteiger partial charge is 0.270 e. The largest absolute Gasteiger partial charge is 0.368 e. The highest BCUT2D eigenvalue weighted by atomic mass is 35.5. The summed E-state index contributed by atoms with van der Waals surface area (Å²) >= 11 is 5.97. The SMILES string of the molecule is C[C@@H](CC(=N)Cc1ccc(F)cc1)NC(=O)c1ccc(C(=O)N2CCN(c3ccc(Cl)cc3)CC2)cn1. The molecule has 1 aliphatic heterocycles. The monoisotopic (exact) mass is 521 g/mol. The van der Waals surface area contributed by atoms with Crippen LogP contribution in [0.1, 0.15) is 39.8 Å². The zero-order valence-corrected chi connectivity index (χ0v) is 21.3. The van der Waals surface area contributed by atoms with Crippen molar-refractivity contribution in [2.45, 2.75) is 25.8 Å². The summed E-state index contributed by atoms with van der Waals surface area (Å²) in [5.74, 6) is -0.789. The number of amides is 2. The second-order valence-corrected chi connectivity index (χ2v) is 9.61. The Bertz CT molecular complexity index is 1240. The second-order valence-electron chi connectivity index (χ2n) is 9.17. The molecule has 0 unspecified atom stereocenters. The molecule has 37 heavy (non-hydrogen) atoms. The van der Waals surface area contributed by atoms with E-state index in [1.165, 1.54) is 18.3 Å². The maximum atomic E-state index is 13.1. The first-order chi connectivity index (χ1) is 17.8. The Labute approximate surface area is 220 Å². The molecule has 1 fully saturated rings. The first-order valence-corrected chi connectivity index (χ1v) is 12.5. The van der Waals surface area contributed by atoms with Gasteiger partial charge in [-0.15, -0.1) is 0 Å². The highest BCUT2D eigenvalue weighted by molar-refractivity contribution is 6.30. The topological polar surface area (TPSA) is 89.4 Å². The van der Waals surface area contributed by atoms with Crippen LogP contribution in [0, 0.1) is 11.2 Å². The van der Waals surface area contributed by atoms with Crippen LogP contribution in [0.5, 0.6) is 0 Å². The van der Waals surface area contributed by atoms with E-state index in [9.17, 15) is 14.0 Å². The van der Waals surface area contributed by atoms with Crippen molar-refractivity contribution < 1.29 is 14.0 Å². The fourth-order valence-electron chi connectivity index (χ4n) is 4.30. The van der Waals surface area contributed by atoms with Gasteiger partial charge >= 0.3 is 0 Å². The summed E-state index contributed by atoms with van der Waals surface area (Å²) in [4.78, 5) is 33.8. The molecule has 3 aromatic rings. The Balaban J connectivity index is 1.25. The minimum absolute atomic E-state index is 0.113. The number of pyridine rings is 1. The highest BCUT2D eigenvalue weighted by Crippen LogP contribution is 2.20. The third-order valence-corrected chi connectivity index (χ3v) is 6.51. The van der Waals surface area contributed by atoms with Crippen molar-refractivity contribution in [1.29, 1.82) is 5.41 Å². The number of benzene rings is 2. The molecule has 0 spiro atoms. The van der Waals surface area contributed by atoms with Gasteiger partial charge in [-0.1, -0.05) is 23.7 Å². The molecule has 9 heteroatoms. The van der Waals surface area contributed by atoms with E-state index in [1.807, 2.05) is 31.2 Å². The van der Waals surface area contributed by atoms with Crippen molar-refractivity contribution in [1.82, 2.24) is 15.2 Å². The van der Waals surface area contributed by atoms with Gasteiger partial charge in [-0.25, -0.2) is 4.39 Å². The predicted molar refractivity (Wildman–Crippen MR) is 143 cm³/mol. The summed E-state index contributed by atoms with van der Waals surface area (Å²) in [6, 6.07) is 16.6. The van der Waals surface area contributed by atoms with Gasteiger partial charge < -0.3 is 20.5 Å². The average molecular weight is 522 g/mol. The zero-order chi connectivity index (χ0) is 26.4. The van der Waals surface area contributed by atoms with Crippen molar-refractivity contribution in [2.75, 3.05) is 31.1 Å². The summed E-state index contributed by atoms with van der Waals surface area (Å²) in [7, 11) is 0. The van der Waals surface area contributed by atoms with Gasteiger partial charge in [-0.05, 0) is 61.0 Å². The molecule has 2 aromatic carbocycles. The number of carbonyl (C=O) groups excluding carboxylic acids is 2. The summed E-state index contributed by atoms with van der Waals surface area (Å²) in [6.45, 7) is 4.43. The molecule has 4 rings (SSSR count). The Morgan fingerprint density at radius 2 is 1.70 bits per heavy atom. The fraction of sp³-hybridized carbons (Fsp3) is 0.286. The van der Waals surface area contributed by atoms with Crippen molar-refractivity contribution in [3.8, 4) is 0 Å². The molecule has 0 radical (unpaired) electrons. The molecule has 1 atom stereocenters. The lowest BCUT2D eigenvalue weighted by Gasteiger charge is -2.36. The third-order valence-electron chi connectivity index (χ3n) is 6.26. The van der Waals surface area contributed by atoms with Crippen LogP contribution in [-0.4, -0.2) is 59.6 Å². The normalized spacial score (nSPS) is 14.2. The number of hydrogen-bond acceptors (Lipinski definition) is 5. The van der Waals surface area contributed by atoms with E-state index in [0.717, 1.165) is 24.3 Å². The molecular weight excluding hydrogens is 493 g/mol. The molecule has 7 nitrogen and oxygen atoms in total. The van der Waals surface area contributed by atoms with Crippen LogP contribution in [-0.2, 0) is 6.42 Å². The fourth-order valence-corrected chi connectivity index (χ4v) is 4.42. The number of halogens is 2. The molecule has 1 aliphatic rings. The number of carbonyl (C=O) groups is 2. The van der Waals surface area contributed by atoms with Crippen LogP contribution in [0.2, 0.25) is 5.02 Å². The van der Waals surface area contributed by atoms with Gasteiger partial charge in [0, 0.05) is 67.7 Å². The molecule has 1 saturated heterocycles. The minimum atomic E-state index is -0.363. The third kappa shape index (κ3) is 7.13. The van der Waals surface area contributed by atoms with Crippen molar-refractivity contribution >= 4 is 34.8 Å². The van der Waals surface area contributed by atoms with Gasteiger partial charge in [0.25, 0.3) is 11.8 Å². The Hall–Kier alpha value is -3.78. The van der Waals surface area contributed by atoms with Gasteiger partial charge in [0.15, 0.2) is 0 Å². The van der Waals surface area contributed by atoms with Crippen LogP contribution >= 0.6 is 11.6 Å². The highest BCUT2D eigenvalue weighted by Gasteiger charge is 2.23. The number of aromatic nitrogens is 1. The number of rotatable bonds is 8. The molecule has 0 bridgehead atoms. The molecule has 192 valence electrons. The molecule has 2 heterocycles. The van der Waals surface area contributed by atoms with Crippen LogP contribution in [0.15, 0.2) is 66.9 Å². The molecule has 2 amide bonds. The van der Waals surface area contributed by atoms with Crippen molar-refractivity contribution in [3.05, 3.63) is 94.5 Å². The van der Waals surface area contributed by atoms with E-state index < -0.39 is 0 Å². The van der Waals surface area contributed by atoms with E-state index in [0.29, 0.717) is 42.2 Å². The van der Waals surface area contributed by atoms with E-state index in [4.69, 9.17) is 17.0 Å². The first-order valence-electron chi connectivity index (χ1n) is 12.2. The van der Waals surface area contributed by atoms with Crippen LogP contribution in [0.3, 0.4) is 0 Å². The summed E-state index contributed by atoms with van der Waals surface area (Å²) < 4.78 is 13.1. The van der Waals surface area contributed by atoms with Crippen LogP contribution in [0.4, 0.5) is 10.1 Å². The number of nitrogens with one attached hydrogen (secondary N) is 2. The quantitative estimate of drug-likeness (QED) is 0.424. The van der Waals surface area contributed by atoms with Gasteiger partial charge in [-0.3, -0.25) is 14.6 Å². The number of piperazine rings is 1. The first kappa shape index (κ1) is 26.3. The summed E-state index contributed by atoms with van der Waals surface area (Å²) in [5, 5.41) is 11.7. The van der Waals surface area contributed by atoms with Crippen LogP contribution < -0.4 is 10.2 Å². The number of hydrogen-bond donors (Lipinski definition) is 2. The molecular formula is C28H29ClFN5O2. The second kappa shape index (κ2) is 12.0. The van der Waals surface area contributed by atoms with E-state index >= 15 is 0 Å². The number of nitrogens with zero attached hydrogens (tertiary/aromatic N) is 3. The van der Waals surface area contributed by atoms with Gasteiger partial charge in [0.1, 0.15) is 11.5 Å². The van der Waals surface area contributed by atoms with E-state index in [-0.39, 0.29) is 29.4 Å². The summed E-state index contributed by atoms with van der Waals surface area (Å²) in [5.41, 5.74) is 3.00. The maximum absolute atomic E-state index is 13.1. The molecule has 0 aliphatic carbocycles. The molecule has 0 saturated carbocycles. The van der Waals surface area contributed by atoms with Gasteiger partial charge in [0.05, 0.1) is 5.56 Å². The Kier molecular flexibility index (Phi) is 8.50. The molecule has 1 aromatic heterocycles. The van der Waals surface area contributed by atoms with Crippen molar-refractivity contribution in [3.63, 3.8) is 0 Å². The summed E-state index contributed by atoms with van der Waals surface area (Å²) in [6.07, 6.45) is 2.19. The van der Waals surface area contributed by atoms with Crippen molar-refractivity contribution in [2.24, 2.45) is 0 Å². The Morgan fingerprint density at radius 1 is 1.03 bits per heavy atom. The lowest BCUT2D eigenvalue weighted by molar-refractivity contribution is 0.0745. The standard InChI is InChI=1S/C28H29ClFN5O2/c1-19(16-24(31)17-20-2-7-23(30)8-3-20)33-27(36)26-11-4-21(18-32-26)28(37)35-14-12-34(13-15-35)25-9-5-22(29)6-10-25/h2-11,18-19,31H,12-17H2,1H3,(H,33,36)/t19-/m0/s1. The van der Waals surface area contributed by atoms with Gasteiger partial charge in [0.2, 0.25) is 0 Å². The van der Waals surface area contributed by atoms with Gasteiger partial charge in [-0.2, -0.15) is 0 Å². The number of anilines is 1. The van der Waals surface area contributed by atoms with E-state index in [1.54, 1.807) is 29.2 Å². The lowest BCUT2D eigenvalue weighted by atomic mass is 10.0. The minimum Gasteiger partial charge on any atom is -0.368 e.